The number of hydrogen-bond donors (Lipinski definition) is 3. The number of quaternary nitrogens is 1. The first-order valence-electron chi connectivity index (χ1n) is 13.4. The predicted molar refractivity (Wildman–Crippen MR) is 137 cm³/mol. The molecule has 0 aromatic rings. The second kappa shape index (κ2) is 22.0. The number of carbonyl (C=O) groups is 1. The summed E-state index contributed by atoms with van der Waals surface area (Å²) in [6, 6.07) is -0.415. The molecule has 0 saturated carbocycles. The van der Waals surface area contributed by atoms with E-state index in [9.17, 15) is 14.3 Å². The average Bonchev–Trinajstić information content (AvgIpc) is 2.75. The third kappa shape index (κ3) is 24.5. The molecule has 0 rings (SSSR count). The Labute approximate surface area is 203 Å². The highest BCUT2D eigenvalue weighted by Gasteiger charge is 2.23. The van der Waals surface area contributed by atoms with Crippen LogP contribution in [0.15, 0.2) is 0 Å². The van der Waals surface area contributed by atoms with E-state index in [1.807, 2.05) is 14.1 Å². The number of carbonyl (C=O) groups excluding carboxylic acids is 1. The minimum Gasteiger partial charge on any atom is -0.379 e. The number of nitrogens with one attached hydrogen (secondary N) is 2. The molecule has 0 aromatic heterocycles. The van der Waals surface area contributed by atoms with Crippen molar-refractivity contribution in [3.8, 4) is 0 Å². The molecule has 0 bridgehead atoms. The van der Waals surface area contributed by atoms with Crippen molar-refractivity contribution in [3.05, 3.63) is 0 Å². The quantitative estimate of drug-likeness (QED) is 0.138. The van der Waals surface area contributed by atoms with Crippen LogP contribution in [0.4, 0.5) is 0 Å². The van der Waals surface area contributed by atoms with Crippen molar-refractivity contribution < 1.29 is 28.4 Å². The minimum atomic E-state index is -3.65. The number of hydrogen-bond acceptors (Lipinski definition) is 4. The molecule has 0 spiro atoms. The molecule has 0 radical (unpaired) electrons. The summed E-state index contributed by atoms with van der Waals surface area (Å²) in [6.07, 6.45) is 18.6. The first-order valence-corrected chi connectivity index (χ1v) is 15.1. The standard InChI is InChI=1S/C25H53N2O5P/c1-5-6-7-8-9-10-11-12-13-14-15-16-17-18-20-31-22-25(26-24(2)28)23-32-33(29,30)21-19-27(3)4/h25H,5-23H2,1-4H3,(H,26,28)(H,29,30)/p+1. The zero-order chi connectivity index (χ0) is 24.8. The van der Waals surface area contributed by atoms with Gasteiger partial charge in [-0.05, 0) is 6.42 Å². The Hall–Kier alpha value is -0.460. The summed E-state index contributed by atoms with van der Waals surface area (Å²) >= 11 is 0. The molecule has 33 heavy (non-hydrogen) atoms. The summed E-state index contributed by atoms with van der Waals surface area (Å²) in [6.45, 7) is 5.14. The van der Waals surface area contributed by atoms with Gasteiger partial charge >= 0.3 is 7.60 Å². The van der Waals surface area contributed by atoms with E-state index in [4.69, 9.17) is 9.26 Å². The number of ether oxygens (including phenoxy) is 1. The SMILES string of the molecule is CCCCCCCCCCCCCCCCOCC(COP(=O)(O)CC[NH+](C)C)NC(C)=O. The van der Waals surface area contributed by atoms with Gasteiger partial charge in [0, 0.05) is 13.5 Å². The summed E-state index contributed by atoms with van der Waals surface area (Å²) in [7, 11) is 0.196. The van der Waals surface area contributed by atoms with Crippen LogP contribution < -0.4 is 10.2 Å². The molecule has 7 nitrogen and oxygen atoms in total. The van der Waals surface area contributed by atoms with Crippen LogP contribution in [0.5, 0.6) is 0 Å². The average molecular weight is 494 g/mol. The van der Waals surface area contributed by atoms with Crippen LogP contribution in [-0.4, -0.2) is 63.5 Å². The minimum absolute atomic E-state index is 0.0190. The van der Waals surface area contributed by atoms with E-state index in [-0.39, 0.29) is 25.3 Å². The van der Waals surface area contributed by atoms with Crippen molar-refractivity contribution in [2.24, 2.45) is 0 Å². The Bertz CT molecular complexity index is 505. The van der Waals surface area contributed by atoms with Gasteiger partial charge in [0.1, 0.15) is 0 Å². The molecule has 2 unspecified atom stereocenters. The van der Waals surface area contributed by atoms with E-state index < -0.39 is 13.6 Å². The van der Waals surface area contributed by atoms with Crippen LogP contribution in [0.2, 0.25) is 0 Å². The lowest BCUT2D eigenvalue weighted by Crippen LogP contribution is -3.06. The Balaban J connectivity index is 3.69. The smallest absolute Gasteiger partial charge is 0.333 e. The Morgan fingerprint density at radius 3 is 1.82 bits per heavy atom. The van der Waals surface area contributed by atoms with E-state index >= 15 is 0 Å². The largest absolute Gasteiger partial charge is 0.379 e. The molecule has 0 aliphatic heterocycles. The van der Waals surface area contributed by atoms with Gasteiger partial charge in [0.2, 0.25) is 5.91 Å². The maximum Gasteiger partial charge on any atom is 0.333 e. The van der Waals surface area contributed by atoms with Crippen LogP contribution in [0.1, 0.15) is 104 Å². The second-order valence-corrected chi connectivity index (χ2v) is 11.7. The van der Waals surface area contributed by atoms with Crippen LogP contribution in [0.3, 0.4) is 0 Å². The van der Waals surface area contributed by atoms with Gasteiger partial charge in [0.05, 0.1) is 46.1 Å². The normalized spacial score (nSPS) is 14.4. The van der Waals surface area contributed by atoms with Crippen molar-refractivity contribution in [1.29, 1.82) is 0 Å². The fourth-order valence-corrected chi connectivity index (χ4v) is 4.95. The molecule has 8 heteroatoms. The third-order valence-corrected chi connectivity index (χ3v) is 7.08. The van der Waals surface area contributed by atoms with Crippen molar-refractivity contribution in [3.63, 3.8) is 0 Å². The molecule has 0 saturated heterocycles. The maximum atomic E-state index is 12.1. The molecular formula is C25H54N2O5P+. The Morgan fingerprint density at radius 1 is 0.879 bits per heavy atom. The van der Waals surface area contributed by atoms with Gasteiger partial charge in [0.15, 0.2) is 0 Å². The zero-order valence-electron chi connectivity index (χ0n) is 22.0. The van der Waals surface area contributed by atoms with Crippen LogP contribution in [0, 0.1) is 0 Å². The van der Waals surface area contributed by atoms with E-state index in [1.165, 1.54) is 84.0 Å². The first-order chi connectivity index (χ1) is 15.8. The lowest BCUT2D eigenvalue weighted by Gasteiger charge is -2.20. The maximum absolute atomic E-state index is 12.1. The van der Waals surface area contributed by atoms with Crippen molar-refractivity contribution in [2.75, 3.05) is 46.6 Å². The fourth-order valence-electron chi connectivity index (χ4n) is 3.68. The zero-order valence-corrected chi connectivity index (χ0v) is 22.9. The molecule has 3 N–H and O–H groups in total. The summed E-state index contributed by atoms with van der Waals surface area (Å²) in [5, 5.41) is 2.74. The summed E-state index contributed by atoms with van der Waals surface area (Å²) in [5.41, 5.74) is 0. The van der Waals surface area contributed by atoms with Crippen molar-refractivity contribution in [2.45, 2.75) is 110 Å². The molecule has 1 amide bonds. The van der Waals surface area contributed by atoms with E-state index in [2.05, 4.69) is 12.2 Å². The molecular weight excluding hydrogens is 439 g/mol. The Morgan fingerprint density at radius 2 is 1.36 bits per heavy atom. The second-order valence-electron chi connectivity index (χ2n) is 9.68. The lowest BCUT2D eigenvalue weighted by molar-refractivity contribution is -0.855. The van der Waals surface area contributed by atoms with Crippen LogP contribution in [0.25, 0.3) is 0 Å². The van der Waals surface area contributed by atoms with Gasteiger partial charge < -0.3 is 24.4 Å². The van der Waals surface area contributed by atoms with Gasteiger partial charge in [-0.2, -0.15) is 0 Å². The molecule has 198 valence electrons. The topological polar surface area (TPSA) is 89.3 Å². The molecule has 2 atom stereocenters. The predicted octanol–water partition coefficient (Wildman–Crippen LogP) is 4.34. The number of unbranched alkanes of at least 4 members (excludes halogenated alkanes) is 13. The van der Waals surface area contributed by atoms with Gasteiger partial charge in [-0.1, -0.05) is 90.4 Å². The Kier molecular flexibility index (Phi) is 21.7. The molecule has 0 aromatic carbocycles. The van der Waals surface area contributed by atoms with Gasteiger partial charge in [-0.25, -0.2) is 0 Å². The molecule has 0 heterocycles. The number of amides is 1. The first kappa shape index (κ1) is 32.5. The van der Waals surface area contributed by atoms with Gasteiger partial charge in [-0.3, -0.25) is 9.36 Å². The highest BCUT2D eigenvalue weighted by atomic mass is 31.2. The highest BCUT2D eigenvalue weighted by Crippen LogP contribution is 2.40. The van der Waals surface area contributed by atoms with Gasteiger partial charge in [0.25, 0.3) is 0 Å². The van der Waals surface area contributed by atoms with E-state index in [0.717, 1.165) is 17.7 Å². The van der Waals surface area contributed by atoms with Crippen molar-refractivity contribution in [1.82, 2.24) is 5.32 Å². The fraction of sp³-hybridized carbons (Fsp3) is 0.960. The highest BCUT2D eigenvalue weighted by molar-refractivity contribution is 7.52. The van der Waals surface area contributed by atoms with Gasteiger partial charge in [-0.15, -0.1) is 0 Å². The van der Waals surface area contributed by atoms with Crippen LogP contribution >= 0.6 is 7.60 Å². The van der Waals surface area contributed by atoms with E-state index in [0.29, 0.717) is 13.2 Å². The summed E-state index contributed by atoms with van der Waals surface area (Å²) in [5.74, 6) is -0.200. The number of rotatable bonds is 24. The molecule has 0 aliphatic carbocycles. The monoisotopic (exact) mass is 493 g/mol. The third-order valence-electron chi connectivity index (χ3n) is 5.74. The van der Waals surface area contributed by atoms with E-state index in [1.54, 1.807) is 0 Å². The summed E-state index contributed by atoms with van der Waals surface area (Å²) in [4.78, 5) is 22.4. The summed E-state index contributed by atoms with van der Waals surface area (Å²) < 4.78 is 23.0. The lowest BCUT2D eigenvalue weighted by atomic mass is 10.0. The molecule has 0 aliphatic rings. The van der Waals surface area contributed by atoms with Crippen molar-refractivity contribution >= 4 is 13.5 Å². The van der Waals surface area contributed by atoms with Crippen LogP contribution in [-0.2, 0) is 18.6 Å². The molecule has 0 fully saturated rings.